The summed E-state index contributed by atoms with van der Waals surface area (Å²) in [5.74, 6) is -4.50. The third kappa shape index (κ3) is 5.91. The van der Waals surface area contributed by atoms with Crippen LogP contribution < -0.4 is 22.1 Å². The maximum Gasteiger partial charge on any atom is 0.416 e. The molecule has 1 aliphatic heterocycles. The zero-order valence-corrected chi connectivity index (χ0v) is 20.1. The predicted molar refractivity (Wildman–Crippen MR) is 132 cm³/mol. The van der Waals surface area contributed by atoms with Crippen LogP contribution in [0.25, 0.3) is 10.9 Å². The van der Waals surface area contributed by atoms with Crippen molar-refractivity contribution in [1.82, 2.24) is 15.1 Å². The van der Waals surface area contributed by atoms with Crippen molar-refractivity contribution < 1.29 is 37.1 Å². The number of alkyl halides is 4. The summed E-state index contributed by atoms with van der Waals surface area (Å²) in [6.07, 6.45) is -5.38. The fraction of sp³-hybridized carbons (Fsp3) is 0.292. The summed E-state index contributed by atoms with van der Waals surface area (Å²) in [6, 6.07) is 5.02. The van der Waals surface area contributed by atoms with Crippen molar-refractivity contribution in [2.75, 3.05) is 18.4 Å². The molecule has 3 atom stereocenters. The Kier molecular flexibility index (Phi) is 7.42. The van der Waals surface area contributed by atoms with Gasteiger partial charge in [-0.25, -0.2) is 9.38 Å². The van der Waals surface area contributed by atoms with Gasteiger partial charge in [-0.2, -0.15) is 18.3 Å². The van der Waals surface area contributed by atoms with E-state index in [4.69, 9.17) is 11.5 Å². The number of guanidine groups is 1. The molecule has 206 valence electrons. The lowest BCUT2D eigenvalue weighted by molar-refractivity contribution is -0.138. The number of fused-ring (bicyclic) bond motifs is 1. The molecule has 15 heteroatoms. The standard InChI is InChI=1S/C24H23F4N7O4/c25-14-8-31-23(32-9-14)34-17-5-12(21(29)38)6-18-16(17)10-33-35(18)20(22(30)39)15(7-19(36)37)11-2-1-3-13(4-11)24(26,27)28/h1-6,10,14-15,20H,7-9H2,(H2,29,38)(H2,30,39)(H,36,37)(H2,31,32,34)/t15-,20?/m0/s1. The fourth-order valence-electron chi connectivity index (χ4n) is 4.38. The fourth-order valence-corrected chi connectivity index (χ4v) is 4.38. The molecular weight excluding hydrogens is 526 g/mol. The van der Waals surface area contributed by atoms with Gasteiger partial charge in [-0.15, -0.1) is 0 Å². The molecule has 39 heavy (non-hydrogen) atoms. The largest absolute Gasteiger partial charge is 0.481 e. The van der Waals surface area contributed by atoms with Crippen LogP contribution in [0.3, 0.4) is 0 Å². The number of hydrogen-bond acceptors (Lipinski definition) is 7. The Hall–Kier alpha value is -4.69. The number of aromatic nitrogens is 2. The maximum absolute atomic E-state index is 13.5. The molecule has 2 unspecified atom stereocenters. The molecule has 1 aliphatic rings. The molecule has 0 fully saturated rings. The summed E-state index contributed by atoms with van der Waals surface area (Å²) in [6.45, 7) is -0.119. The lowest BCUT2D eigenvalue weighted by atomic mass is 9.87. The van der Waals surface area contributed by atoms with Gasteiger partial charge < -0.3 is 27.2 Å². The van der Waals surface area contributed by atoms with E-state index in [0.29, 0.717) is 5.39 Å². The molecule has 2 amide bonds. The van der Waals surface area contributed by atoms with Crippen molar-refractivity contribution in [2.24, 2.45) is 16.5 Å². The van der Waals surface area contributed by atoms with Gasteiger partial charge in [0.2, 0.25) is 11.8 Å². The number of carbonyl (C=O) groups excluding carboxylic acids is 2. The number of nitrogens with one attached hydrogen (secondary N) is 2. The minimum Gasteiger partial charge on any atom is -0.481 e. The Bertz CT molecular complexity index is 1470. The normalized spacial score (nSPS) is 17.1. The molecule has 1 aromatic heterocycles. The predicted octanol–water partition coefficient (Wildman–Crippen LogP) is 2.15. The number of hydrogen-bond donors (Lipinski definition) is 5. The van der Waals surface area contributed by atoms with E-state index in [2.05, 4.69) is 20.7 Å². The highest BCUT2D eigenvalue weighted by Crippen LogP contribution is 2.38. The minimum atomic E-state index is -4.72. The van der Waals surface area contributed by atoms with Crippen LogP contribution in [0.5, 0.6) is 0 Å². The second-order valence-corrected chi connectivity index (χ2v) is 8.88. The van der Waals surface area contributed by atoms with Gasteiger partial charge in [0.25, 0.3) is 0 Å². The van der Waals surface area contributed by atoms with E-state index in [9.17, 15) is 37.1 Å². The second-order valence-electron chi connectivity index (χ2n) is 8.88. The Labute approximate surface area is 217 Å². The molecule has 2 heterocycles. The summed E-state index contributed by atoms with van der Waals surface area (Å²) in [5.41, 5.74) is 10.3. The Balaban J connectivity index is 1.87. The van der Waals surface area contributed by atoms with E-state index in [1.165, 1.54) is 24.4 Å². The number of anilines is 1. The molecular formula is C24H23F4N7O4. The van der Waals surface area contributed by atoms with Crippen molar-refractivity contribution in [3.8, 4) is 0 Å². The van der Waals surface area contributed by atoms with Crippen molar-refractivity contribution in [2.45, 2.75) is 30.7 Å². The highest BCUT2D eigenvalue weighted by molar-refractivity contribution is 6.07. The molecule has 0 spiro atoms. The number of carboxylic acid groups (broad SMARTS) is 1. The SMILES string of the molecule is NC(=O)c1cc(NC2=NCC(F)CN2)c2cnn(C(C(N)=O)[C@@H](CC(=O)O)c3cccc(C(F)(F)F)c3)c2c1. The zero-order valence-electron chi connectivity index (χ0n) is 20.1. The average Bonchev–Trinajstić information content (AvgIpc) is 3.28. The number of carboxylic acids is 1. The summed E-state index contributed by atoms with van der Waals surface area (Å²) in [5, 5.41) is 19.7. The lowest BCUT2D eigenvalue weighted by Gasteiger charge is -2.26. The molecule has 4 rings (SSSR count). The topological polar surface area (TPSA) is 178 Å². The van der Waals surface area contributed by atoms with Crippen LogP contribution in [0.15, 0.2) is 47.6 Å². The summed E-state index contributed by atoms with van der Waals surface area (Å²) in [4.78, 5) is 40.6. The zero-order chi connectivity index (χ0) is 28.5. The van der Waals surface area contributed by atoms with Gasteiger partial charge in [0.1, 0.15) is 12.2 Å². The molecule has 0 radical (unpaired) electrons. The van der Waals surface area contributed by atoms with Gasteiger partial charge in [0.05, 0.1) is 42.5 Å². The van der Waals surface area contributed by atoms with E-state index >= 15 is 0 Å². The number of primary amides is 2. The van der Waals surface area contributed by atoms with Crippen molar-refractivity contribution in [3.63, 3.8) is 0 Å². The number of nitrogens with two attached hydrogens (primary N) is 2. The maximum atomic E-state index is 13.5. The number of benzene rings is 2. The Morgan fingerprint density at radius 3 is 2.54 bits per heavy atom. The molecule has 0 saturated carbocycles. The number of aliphatic carboxylic acids is 1. The smallest absolute Gasteiger partial charge is 0.416 e. The molecule has 0 saturated heterocycles. The molecule has 11 nitrogen and oxygen atoms in total. The number of carbonyl (C=O) groups is 3. The van der Waals surface area contributed by atoms with Gasteiger partial charge in [-0.1, -0.05) is 18.2 Å². The van der Waals surface area contributed by atoms with E-state index in [-0.39, 0.29) is 41.4 Å². The first kappa shape index (κ1) is 27.3. The number of halogens is 4. The highest BCUT2D eigenvalue weighted by atomic mass is 19.4. The summed E-state index contributed by atoms with van der Waals surface area (Å²) >= 11 is 0. The van der Waals surface area contributed by atoms with Gasteiger partial charge in [-0.05, 0) is 23.8 Å². The van der Waals surface area contributed by atoms with Gasteiger partial charge in [0, 0.05) is 16.9 Å². The van der Waals surface area contributed by atoms with E-state index in [1.807, 2.05) is 0 Å². The van der Waals surface area contributed by atoms with Crippen LogP contribution >= 0.6 is 0 Å². The third-order valence-electron chi connectivity index (χ3n) is 6.17. The first-order valence-corrected chi connectivity index (χ1v) is 11.5. The summed E-state index contributed by atoms with van der Waals surface area (Å²) < 4.78 is 54.7. The quantitative estimate of drug-likeness (QED) is 0.267. The molecule has 2 aromatic carbocycles. The molecule has 0 aliphatic carbocycles. The van der Waals surface area contributed by atoms with Crippen molar-refractivity contribution in [3.05, 3.63) is 59.3 Å². The third-order valence-corrected chi connectivity index (χ3v) is 6.17. The minimum absolute atomic E-state index is 0.0125. The lowest BCUT2D eigenvalue weighted by Crippen LogP contribution is -2.41. The van der Waals surface area contributed by atoms with E-state index < -0.39 is 54.1 Å². The van der Waals surface area contributed by atoms with Crippen LogP contribution in [0.2, 0.25) is 0 Å². The monoisotopic (exact) mass is 549 g/mol. The van der Waals surface area contributed by atoms with Crippen molar-refractivity contribution in [1.29, 1.82) is 0 Å². The highest BCUT2D eigenvalue weighted by Gasteiger charge is 2.36. The number of aliphatic imine (C=N–C) groups is 1. The first-order chi connectivity index (χ1) is 18.3. The molecule has 0 bridgehead atoms. The molecule has 7 N–H and O–H groups in total. The Morgan fingerprint density at radius 1 is 1.21 bits per heavy atom. The second kappa shape index (κ2) is 10.6. The van der Waals surface area contributed by atoms with Gasteiger partial charge in [0.15, 0.2) is 5.96 Å². The number of nitrogens with zero attached hydrogens (tertiary/aromatic N) is 3. The number of rotatable bonds is 8. The van der Waals surface area contributed by atoms with Gasteiger partial charge >= 0.3 is 12.1 Å². The van der Waals surface area contributed by atoms with E-state index in [1.54, 1.807) is 0 Å². The van der Waals surface area contributed by atoms with Crippen LogP contribution in [-0.2, 0) is 15.8 Å². The Morgan fingerprint density at radius 2 is 1.95 bits per heavy atom. The van der Waals surface area contributed by atoms with Crippen LogP contribution in [0.4, 0.5) is 23.2 Å². The number of amides is 2. The molecule has 3 aromatic rings. The van der Waals surface area contributed by atoms with Crippen LogP contribution in [0, 0.1) is 0 Å². The summed E-state index contributed by atoms with van der Waals surface area (Å²) in [7, 11) is 0. The van der Waals surface area contributed by atoms with Gasteiger partial charge in [-0.3, -0.25) is 19.1 Å². The van der Waals surface area contributed by atoms with Crippen molar-refractivity contribution >= 4 is 40.3 Å². The van der Waals surface area contributed by atoms with E-state index in [0.717, 1.165) is 22.9 Å². The average molecular weight is 549 g/mol. The first-order valence-electron chi connectivity index (χ1n) is 11.5. The van der Waals surface area contributed by atoms with Crippen LogP contribution in [-0.4, -0.2) is 57.9 Å². The van der Waals surface area contributed by atoms with Crippen LogP contribution in [0.1, 0.15) is 39.9 Å².